The van der Waals surface area contributed by atoms with E-state index in [0.29, 0.717) is 12.1 Å². The SMILES string of the molecule is Cc1c(CNCCF)cccc1[N+](=O)[O-]. The summed E-state index contributed by atoms with van der Waals surface area (Å²) in [5.74, 6) is 0. The fraction of sp³-hybridized carbons (Fsp3) is 0.400. The van der Waals surface area contributed by atoms with Gasteiger partial charge in [-0.2, -0.15) is 0 Å². The first-order chi connectivity index (χ1) is 7.16. The summed E-state index contributed by atoms with van der Waals surface area (Å²) in [7, 11) is 0. The summed E-state index contributed by atoms with van der Waals surface area (Å²) in [5.41, 5.74) is 1.57. The number of nitrogens with one attached hydrogen (secondary N) is 1. The van der Waals surface area contributed by atoms with Crippen LogP contribution in [0.4, 0.5) is 10.1 Å². The van der Waals surface area contributed by atoms with E-state index in [0.717, 1.165) is 5.56 Å². The third kappa shape index (κ3) is 2.99. The normalized spacial score (nSPS) is 10.3. The van der Waals surface area contributed by atoms with Crippen molar-refractivity contribution in [2.45, 2.75) is 13.5 Å². The number of nitro groups is 1. The molecule has 0 unspecified atom stereocenters. The standard InChI is InChI=1S/C10H13FN2O2/c1-8-9(7-12-6-5-11)3-2-4-10(8)13(14)15/h2-4,12H,5-7H2,1H3. The van der Waals surface area contributed by atoms with Gasteiger partial charge in [-0.25, -0.2) is 4.39 Å². The Morgan fingerprint density at radius 3 is 2.87 bits per heavy atom. The van der Waals surface area contributed by atoms with E-state index in [1.54, 1.807) is 19.1 Å². The maximum Gasteiger partial charge on any atom is 0.272 e. The summed E-state index contributed by atoms with van der Waals surface area (Å²) in [6.07, 6.45) is 0. The van der Waals surface area contributed by atoms with Crippen LogP contribution in [0, 0.1) is 17.0 Å². The maximum absolute atomic E-state index is 11.8. The van der Waals surface area contributed by atoms with Gasteiger partial charge in [-0.1, -0.05) is 12.1 Å². The zero-order valence-corrected chi connectivity index (χ0v) is 8.50. The second-order valence-corrected chi connectivity index (χ2v) is 3.18. The molecule has 0 aliphatic carbocycles. The first-order valence-corrected chi connectivity index (χ1v) is 4.66. The van der Waals surface area contributed by atoms with Gasteiger partial charge in [0.1, 0.15) is 6.67 Å². The maximum atomic E-state index is 11.8. The Labute approximate surface area is 87.3 Å². The van der Waals surface area contributed by atoms with Gasteiger partial charge >= 0.3 is 0 Å². The Bertz CT molecular complexity index is 355. The molecule has 5 heteroatoms. The Kier molecular flexibility index (Phi) is 4.17. The van der Waals surface area contributed by atoms with E-state index in [4.69, 9.17) is 0 Å². The van der Waals surface area contributed by atoms with Crippen LogP contribution in [-0.4, -0.2) is 18.1 Å². The molecule has 0 spiro atoms. The minimum Gasteiger partial charge on any atom is -0.310 e. The first kappa shape index (κ1) is 11.6. The van der Waals surface area contributed by atoms with Gasteiger partial charge in [0.2, 0.25) is 0 Å². The summed E-state index contributed by atoms with van der Waals surface area (Å²) in [6.45, 7) is 1.98. The molecule has 15 heavy (non-hydrogen) atoms. The quantitative estimate of drug-likeness (QED) is 0.461. The molecular weight excluding hydrogens is 199 g/mol. The lowest BCUT2D eigenvalue weighted by Crippen LogP contribution is -2.16. The molecule has 0 fully saturated rings. The van der Waals surface area contributed by atoms with Crippen LogP contribution >= 0.6 is 0 Å². The molecule has 1 aromatic rings. The van der Waals surface area contributed by atoms with Crippen LogP contribution in [0.5, 0.6) is 0 Å². The topological polar surface area (TPSA) is 55.2 Å². The number of nitrogens with zero attached hydrogens (tertiary/aromatic N) is 1. The van der Waals surface area contributed by atoms with Gasteiger partial charge < -0.3 is 5.32 Å². The fourth-order valence-corrected chi connectivity index (χ4v) is 1.35. The molecule has 1 aromatic carbocycles. The fourth-order valence-electron chi connectivity index (χ4n) is 1.35. The van der Waals surface area contributed by atoms with Crippen LogP contribution in [0.15, 0.2) is 18.2 Å². The van der Waals surface area contributed by atoms with Crippen LogP contribution in [0.3, 0.4) is 0 Å². The molecule has 0 aliphatic heterocycles. The van der Waals surface area contributed by atoms with E-state index in [1.165, 1.54) is 6.07 Å². The van der Waals surface area contributed by atoms with Crippen molar-refractivity contribution in [1.29, 1.82) is 0 Å². The molecule has 0 aromatic heterocycles. The second kappa shape index (κ2) is 5.41. The number of alkyl halides is 1. The van der Waals surface area contributed by atoms with E-state index in [2.05, 4.69) is 5.32 Å². The lowest BCUT2D eigenvalue weighted by Gasteiger charge is -2.06. The molecule has 4 nitrogen and oxygen atoms in total. The predicted molar refractivity (Wildman–Crippen MR) is 55.5 cm³/mol. The van der Waals surface area contributed by atoms with Crippen molar-refractivity contribution in [3.05, 3.63) is 39.4 Å². The molecule has 0 heterocycles. The number of halogens is 1. The molecule has 1 rings (SSSR count). The van der Waals surface area contributed by atoms with Crippen molar-refractivity contribution in [3.8, 4) is 0 Å². The summed E-state index contributed by atoms with van der Waals surface area (Å²) in [4.78, 5) is 10.2. The van der Waals surface area contributed by atoms with Gasteiger partial charge in [0, 0.05) is 24.7 Å². The van der Waals surface area contributed by atoms with Crippen molar-refractivity contribution in [3.63, 3.8) is 0 Å². The zero-order chi connectivity index (χ0) is 11.3. The van der Waals surface area contributed by atoms with Crippen LogP contribution < -0.4 is 5.32 Å². The molecule has 0 saturated heterocycles. The Morgan fingerprint density at radius 2 is 2.27 bits per heavy atom. The number of hydrogen-bond donors (Lipinski definition) is 1. The highest BCUT2D eigenvalue weighted by atomic mass is 19.1. The third-order valence-electron chi connectivity index (χ3n) is 2.20. The first-order valence-electron chi connectivity index (χ1n) is 4.66. The van der Waals surface area contributed by atoms with E-state index >= 15 is 0 Å². The second-order valence-electron chi connectivity index (χ2n) is 3.18. The molecule has 0 aliphatic rings. The number of hydrogen-bond acceptors (Lipinski definition) is 3. The van der Waals surface area contributed by atoms with Gasteiger partial charge in [-0.15, -0.1) is 0 Å². The van der Waals surface area contributed by atoms with E-state index in [1.807, 2.05) is 0 Å². The van der Waals surface area contributed by atoms with Crippen LogP contribution in [0.2, 0.25) is 0 Å². The highest BCUT2D eigenvalue weighted by Crippen LogP contribution is 2.20. The molecule has 0 amide bonds. The summed E-state index contributed by atoms with van der Waals surface area (Å²) < 4.78 is 11.8. The monoisotopic (exact) mass is 212 g/mol. The summed E-state index contributed by atoms with van der Waals surface area (Å²) >= 11 is 0. The van der Waals surface area contributed by atoms with Crippen molar-refractivity contribution >= 4 is 5.69 Å². The molecule has 0 bridgehead atoms. The minimum atomic E-state index is -0.437. The number of rotatable bonds is 5. The number of benzene rings is 1. The number of nitro benzene ring substituents is 1. The average Bonchev–Trinajstić information content (AvgIpc) is 2.20. The van der Waals surface area contributed by atoms with Gasteiger partial charge in [-0.3, -0.25) is 10.1 Å². The van der Waals surface area contributed by atoms with Crippen LogP contribution in [-0.2, 0) is 6.54 Å². The Hall–Kier alpha value is -1.49. The molecule has 82 valence electrons. The van der Waals surface area contributed by atoms with Crippen molar-refractivity contribution < 1.29 is 9.31 Å². The lowest BCUT2D eigenvalue weighted by molar-refractivity contribution is -0.385. The average molecular weight is 212 g/mol. The van der Waals surface area contributed by atoms with Gasteiger partial charge in [-0.05, 0) is 12.5 Å². The van der Waals surface area contributed by atoms with E-state index in [9.17, 15) is 14.5 Å². The van der Waals surface area contributed by atoms with Crippen LogP contribution in [0.1, 0.15) is 11.1 Å². The van der Waals surface area contributed by atoms with Crippen molar-refractivity contribution in [1.82, 2.24) is 5.32 Å². The molecular formula is C10H13FN2O2. The predicted octanol–water partition coefficient (Wildman–Crippen LogP) is 1.96. The van der Waals surface area contributed by atoms with Gasteiger partial charge in [0.15, 0.2) is 0 Å². The van der Waals surface area contributed by atoms with E-state index in [-0.39, 0.29) is 12.2 Å². The van der Waals surface area contributed by atoms with Gasteiger partial charge in [0.25, 0.3) is 5.69 Å². The molecule has 0 saturated carbocycles. The molecule has 1 N–H and O–H groups in total. The third-order valence-corrected chi connectivity index (χ3v) is 2.20. The summed E-state index contributed by atoms with van der Waals surface area (Å²) in [6, 6.07) is 4.90. The lowest BCUT2D eigenvalue weighted by atomic mass is 10.1. The van der Waals surface area contributed by atoms with Crippen LogP contribution in [0.25, 0.3) is 0 Å². The summed E-state index contributed by atoms with van der Waals surface area (Å²) in [5, 5.41) is 13.5. The highest BCUT2D eigenvalue weighted by molar-refractivity contribution is 5.44. The largest absolute Gasteiger partial charge is 0.310 e. The van der Waals surface area contributed by atoms with Crippen molar-refractivity contribution in [2.24, 2.45) is 0 Å². The smallest absolute Gasteiger partial charge is 0.272 e. The highest BCUT2D eigenvalue weighted by Gasteiger charge is 2.12. The molecule has 0 atom stereocenters. The zero-order valence-electron chi connectivity index (χ0n) is 8.50. The van der Waals surface area contributed by atoms with Gasteiger partial charge in [0.05, 0.1) is 4.92 Å². The van der Waals surface area contributed by atoms with E-state index < -0.39 is 11.6 Å². The Morgan fingerprint density at radius 1 is 1.53 bits per heavy atom. The minimum absolute atomic E-state index is 0.106. The van der Waals surface area contributed by atoms with Crippen molar-refractivity contribution in [2.75, 3.05) is 13.2 Å². The molecule has 0 radical (unpaired) electrons. The Balaban J connectivity index is 2.80.